The first-order valence-electron chi connectivity index (χ1n) is 8.15. The lowest BCUT2D eigenvalue weighted by Gasteiger charge is -2.38. The van der Waals surface area contributed by atoms with Crippen LogP contribution in [-0.4, -0.2) is 15.6 Å². The molecule has 3 heteroatoms. The Morgan fingerprint density at radius 1 is 1.25 bits per heavy atom. The van der Waals surface area contributed by atoms with Crippen molar-refractivity contribution in [2.75, 3.05) is 0 Å². The summed E-state index contributed by atoms with van der Waals surface area (Å²) < 4.78 is 1.86. The summed E-state index contributed by atoms with van der Waals surface area (Å²) in [5.41, 5.74) is 2.07. The van der Waals surface area contributed by atoms with E-state index < -0.39 is 0 Å². The van der Waals surface area contributed by atoms with Gasteiger partial charge in [-0.05, 0) is 44.1 Å². The van der Waals surface area contributed by atoms with Crippen LogP contribution in [0, 0.1) is 24.7 Å². The van der Waals surface area contributed by atoms with E-state index in [1.54, 1.807) is 0 Å². The van der Waals surface area contributed by atoms with Crippen molar-refractivity contribution in [2.24, 2.45) is 24.8 Å². The van der Waals surface area contributed by atoms with E-state index in [0.717, 1.165) is 36.1 Å². The van der Waals surface area contributed by atoms with Crippen LogP contribution in [-0.2, 0) is 18.3 Å². The summed E-state index contributed by atoms with van der Waals surface area (Å²) in [7, 11) is 1.94. The molecule has 3 nitrogen and oxygen atoms in total. The smallest absolute Gasteiger partial charge is 0.141 e. The van der Waals surface area contributed by atoms with Crippen molar-refractivity contribution in [2.45, 2.75) is 58.3 Å². The summed E-state index contributed by atoms with van der Waals surface area (Å²) in [6.45, 7) is 1.99. The van der Waals surface area contributed by atoms with Crippen LogP contribution in [0.15, 0.2) is 6.07 Å². The molecule has 0 bridgehead atoms. The molecule has 110 valence electrons. The van der Waals surface area contributed by atoms with Gasteiger partial charge < -0.3 is 0 Å². The SMILES string of the molecule is Cc1cc(CC(=O)C2CCC3CCCCC3C2)n(C)n1. The van der Waals surface area contributed by atoms with Crippen molar-refractivity contribution in [3.05, 3.63) is 17.5 Å². The van der Waals surface area contributed by atoms with E-state index in [4.69, 9.17) is 0 Å². The van der Waals surface area contributed by atoms with Gasteiger partial charge in [-0.25, -0.2) is 0 Å². The van der Waals surface area contributed by atoms with Gasteiger partial charge in [-0.3, -0.25) is 9.48 Å². The van der Waals surface area contributed by atoms with E-state index in [1.807, 2.05) is 24.7 Å². The second kappa shape index (κ2) is 5.71. The molecule has 20 heavy (non-hydrogen) atoms. The molecule has 0 radical (unpaired) electrons. The highest BCUT2D eigenvalue weighted by Crippen LogP contribution is 2.43. The highest BCUT2D eigenvalue weighted by Gasteiger charge is 2.34. The molecule has 3 atom stereocenters. The van der Waals surface area contributed by atoms with Crippen LogP contribution in [0.3, 0.4) is 0 Å². The first-order valence-corrected chi connectivity index (χ1v) is 8.15. The van der Waals surface area contributed by atoms with Crippen molar-refractivity contribution in [1.82, 2.24) is 9.78 Å². The number of aryl methyl sites for hydroxylation is 2. The molecule has 0 saturated heterocycles. The molecule has 1 aromatic heterocycles. The lowest BCUT2D eigenvalue weighted by molar-refractivity contribution is -0.124. The topological polar surface area (TPSA) is 34.9 Å². The predicted molar refractivity (Wildman–Crippen MR) is 79.4 cm³/mol. The maximum absolute atomic E-state index is 12.6. The number of ketones is 1. The summed E-state index contributed by atoms with van der Waals surface area (Å²) in [6.07, 6.45) is 9.69. The zero-order valence-corrected chi connectivity index (χ0v) is 12.8. The number of nitrogens with zero attached hydrogens (tertiary/aromatic N) is 2. The second-order valence-electron chi connectivity index (χ2n) is 6.86. The van der Waals surface area contributed by atoms with Crippen LogP contribution in [0.5, 0.6) is 0 Å². The van der Waals surface area contributed by atoms with E-state index in [2.05, 4.69) is 5.10 Å². The van der Waals surface area contributed by atoms with Gasteiger partial charge in [0.15, 0.2) is 0 Å². The maximum atomic E-state index is 12.6. The molecule has 3 rings (SSSR count). The highest BCUT2D eigenvalue weighted by atomic mass is 16.1. The average Bonchev–Trinajstić information content (AvgIpc) is 2.76. The van der Waals surface area contributed by atoms with Gasteiger partial charge in [0.25, 0.3) is 0 Å². The minimum absolute atomic E-state index is 0.310. The Kier molecular flexibility index (Phi) is 3.95. The van der Waals surface area contributed by atoms with Gasteiger partial charge in [-0.15, -0.1) is 0 Å². The summed E-state index contributed by atoms with van der Waals surface area (Å²) in [5.74, 6) is 2.51. The number of hydrogen-bond donors (Lipinski definition) is 0. The number of aromatic nitrogens is 2. The van der Waals surface area contributed by atoms with Crippen LogP contribution < -0.4 is 0 Å². The normalized spacial score (nSPS) is 30.0. The summed E-state index contributed by atoms with van der Waals surface area (Å²) in [6, 6.07) is 2.05. The zero-order valence-electron chi connectivity index (χ0n) is 12.8. The van der Waals surface area contributed by atoms with Crippen LogP contribution in [0.1, 0.15) is 56.3 Å². The molecule has 0 aliphatic heterocycles. The number of rotatable bonds is 3. The number of Topliss-reactive ketones (excluding diaryl/α,β-unsaturated/α-hetero) is 1. The van der Waals surface area contributed by atoms with E-state index in [9.17, 15) is 4.79 Å². The summed E-state index contributed by atoms with van der Waals surface area (Å²) >= 11 is 0. The lowest BCUT2D eigenvalue weighted by Crippen LogP contribution is -2.32. The molecule has 3 unspecified atom stereocenters. The fourth-order valence-corrected chi connectivity index (χ4v) is 4.32. The Bertz CT molecular complexity index is 491. The molecule has 0 amide bonds. The quantitative estimate of drug-likeness (QED) is 0.846. The van der Waals surface area contributed by atoms with Gasteiger partial charge in [0.05, 0.1) is 5.69 Å². The number of fused-ring (bicyclic) bond motifs is 1. The molecule has 2 saturated carbocycles. The van der Waals surface area contributed by atoms with Crippen molar-refractivity contribution in [1.29, 1.82) is 0 Å². The monoisotopic (exact) mass is 274 g/mol. The molecule has 1 aromatic rings. The Morgan fingerprint density at radius 2 is 2.00 bits per heavy atom. The van der Waals surface area contributed by atoms with Crippen LogP contribution in [0.4, 0.5) is 0 Å². The van der Waals surface area contributed by atoms with Gasteiger partial charge in [0.1, 0.15) is 5.78 Å². The lowest BCUT2D eigenvalue weighted by atomic mass is 9.66. The average molecular weight is 274 g/mol. The number of hydrogen-bond acceptors (Lipinski definition) is 2. The highest BCUT2D eigenvalue weighted by molar-refractivity contribution is 5.83. The van der Waals surface area contributed by atoms with Crippen LogP contribution in [0.2, 0.25) is 0 Å². The number of carbonyl (C=O) groups is 1. The van der Waals surface area contributed by atoms with E-state index in [-0.39, 0.29) is 0 Å². The van der Waals surface area contributed by atoms with Crippen molar-refractivity contribution in [3.8, 4) is 0 Å². The molecule has 2 fully saturated rings. The standard InChI is InChI=1S/C17H26N2O/c1-12-9-16(19(2)18-12)11-17(20)15-8-7-13-5-3-4-6-14(13)10-15/h9,13-15H,3-8,10-11H2,1-2H3. The van der Waals surface area contributed by atoms with Crippen LogP contribution >= 0.6 is 0 Å². The van der Waals surface area contributed by atoms with Crippen LogP contribution in [0.25, 0.3) is 0 Å². The zero-order chi connectivity index (χ0) is 14.1. The third kappa shape index (κ3) is 2.82. The van der Waals surface area contributed by atoms with Crippen molar-refractivity contribution < 1.29 is 4.79 Å². The third-order valence-corrected chi connectivity index (χ3v) is 5.45. The van der Waals surface area contributed by atoms with Gasteiger partial charge in [-0.1, -0.05) is 25.7 Å². The molecule has 0 N–H and O–H groups in total. The first kappa shape index (κ1) is 13.8. The molecular formula is C17H26N2O. The largest absolute Gasteiger partial charge is 0.299 e. The minimum Gasteiger partial charge on any atom is -0.299 e. The number of carbonyl (C=O) groups excluding carboxylic acids is 1. The molecule has 0 spiro atoms. The van der Waals surface area contributed by atoms with Crippen molar-refractivity contribution in [3.63, 3.8) is 0 Å². The molecule has 0 aromatic carbocycles. The summed E-state index contributed by atoms with van der Waals surface area (Å²) in [5, 5.41) is 4.34. The van der Waals surface area contributed by atoms with E-state index in [1.165, 1.54) is 32.1 Å². The first-order chi connectivity index (χ1) is 9.63. The van der Waals surface area contributed by atoms with Gasteiger partial charge in [-0.2, -0.15) is 5.10 Å². The van der Waals surface area contributed by atoms with E-state index in [0.29, 0.717) is 18.1 Å². The summed E-state index contributed by atoms with van der Waals surface area (Å²) in [4.78, 5) is 12.6. The second-order valence-corrected chi connectivity index (χ2v) is 6.86. The maximum Gasteiger partial charge on any atom is 0.141 e. The third-order valence-electron chi connectivity index (χ3n) is 5.45. The van der Waals surface area contributed by atoms with Gasteiger partial charge in [0.2, 0.25) is 0 Å². The fourth-order valence-electron chi connectivity index (χ4n) is 4.32. The van der Waals surface area contributed by atoms with Gasteiger partial charge in [0, 0.05) is 25.1 Å². The Morgan fingerprint density at radius 3 is 2.70 bits per heavy atom. The fraction of sp³-hybridized carbons (Fsp3) is 0.765. The Hall–Kier alpha value is -1.12. The Balaban J connectivity index is 1.61. The molecule has 1 heterocycles. The van der Waals surface area contributed by atoms with Crippen molar-refractivity contribution >= 4 is 5.78 Å². The minimum atomic E-state index is 0.310. The predicted octanol–water partition coefficient (Wildman–Crippen LogP) is 3.45. The molecule has 2 aliphatic rings. The molecular weight excluding hydrogens is 248 g/mol. The Labute approximate surface area is 121 Å². The van der Waals surface area contributed by atoms with E-state index >= 15 is 0 Å². The molecule has 2 aliphatic carbocycles. The van der Waals surface area contributed by atoms with Gasteiger partial charge >= 0.3 is 0 Å².